The highest BCUT2D eigenvalue weighted by Crippen LogP contribution is 2.32. The van der Waals surface area contributed by atoms with Crippen LogP contribution < -0.4 is 0 Å². The van der Waals surface area contributed by atoms with Crippen molar-refractivity contribution in [3.63, 3.8) is 0 Å². The second-order valence-electron chi connectivity index (χ2n) is 3.65. The minimum atomic E-state index is -0.964. The van der Waals surface area contributed by atoms with Crippen molar-refractivity contribution in [1.82, 2.24) is 20.2 Å². The number of aliphatic carboxylic acids is 1. The summed E-state index contributed by atoms with van der Waals surface area (Å²) < 4.78 is 6.75. The second-order valence-corrected chi connectivity index (χ2v) is 3.65. The van der Waals surface area contributed by atoms with Gasteiger partial charge >= 0.3 is 5.97 Å². The van der Waals surface area contributed by atoms with Crippen molar-refractivity contribution >= 4 is 5.97 Å². The van der Waals surface area contributed by atoms with E-state index in [1.807, 2.05) is 6.92 Å². The van der Waals surface area contributed by atoms with Crippen LogP contribution in [0.4, 0.5) is 0 Å². The largest absolute Gasteiger partial charge is 0.480 e. The fraction of sp³-hybridized carbons (Fsp3) is 0.750. The first kappa shape index (κ1) is 10.0. The zero-order chi connectivity index (χ0) is 10.8. The summed E-state index contributed by atoms with van der Waals surface area (Å²) in [5, 5.41) is 19.6. The number of nitrogens with zero attached hydrogens (tertiary/aromatic N) is 4. The molecule has 7 nitrogen and oxygen atoms in total. The third kappa shape index (κ3) is 1.96. The fourth-order valence-electron chi connectivity index (χ4n) is 1.68. The van der Waals surface area contributed by atoms with Gasteiger partial charge in [0.1, 0.15) is 12.6 Å². The molecule has 1 N–H and O–H groups in total. The lowest BCUT2D eigenvalue weighted by Crippen LogP contribution is -2.17. The maximum Gasteiger partial charge on any atom is 0.325 e. The SMILES string of the molecule is CC1CCOC1c1nnnn1CC(=O)O. The zero-order valence-electron chi connectivity index (χ0n) is 8.33. The molecule has 0 saturated carbocycles. The molecule has 1 aromatic rings. The number of carboxylic acids is 1. The zero-order valence-corrected chi connectivity index (χ0v) is 8.33. The van der Waals surface area contributed by atoms with Gasteiger partial charge in [0.15, 0.2) is 5.82 Å². The number of carboxylic acid groups (broad SMARTS) is 1. The van der Waals surface area contributed by atoms with Crippen LogP contribution in [-0.2, 0) is 16.1 Å². The van der Waals surface area contributed by atoms with Crippen molar-refractivity contribution in [3.8, 4) is 0 Å². The Balaban J connectivity index is 2.20. The van der Waals surface area contributed by atoms with Gasteiger partial charge in [-0.25, -0.2) is 4.68 Å². The fourth-order valence-corrected chi connectivity index (χ4v) is 1.68. The molecule has 2 unspecified atom stereocenters. The van der Waals surface area contributed by atoms with Gasteiger partial charge in [-0.3, -0.25) is 4.79 Å². The third-order valence-corrected chi connectivity index (χ3v) is 2.49. The molecule has 0 aliphatic carbocycles. The van der Waals surface area contributed by atoms with Crippen LogP contribution in [0.15, 0.2) is 0 Å². The minimum Gasteiger partial charge on any atom is -0.480 e. The van der Waals surface area contributed by atoms with Crippen LogP contribution >= 0.6 is 0 Å². The van der Waals surface area contributed by atoms with Crippen molar-refractivity contribution in [3.05, 3.63) is 5.82 Å². The van der Waals surface area contributed by atoms with E-state index in [0.29, 0.717) is 18.3 Å². The van der Waals surface area contributed by atoms with Gasteiger partial charge in [0.05, 0.1) is 0 Å². The average Bonchev–Trinajstić information content (AvgIpc) is 2.73. The van der Waals surface area contributed by atoms with E-state index in [9.17, 15) is 4.79 Å². The Morgan fingerprint density at radius 3 is 3.13 bits per heavy atom. The van der Waals surface area contributed by atoms with Crippen molar-refractivity contribution in [1.29, 1.82) is 0 Å². The molecule has 7 heteroatoms. The van der Waals surface area contributed by atoms with E-state index in [4.69, 9.17) is 9.84 Å². The first-order valence-electron chi connectivity index (χ1n) is 4.78. The maximum absolute atomic E-state index is 10.6. The molecule has 0 aromatic carbocycles. The number of rotatable bonds is 3. The Labute approximate surface area is 86.0 Å². The van der Waals surface area contributed by atoms with E-state index in [1.165, 1.54) is 4.68 Å². The topological polar surface area (TPSA) is 90.1 Å². The Kier molecular flexibility index (Phi) is 2.63. The van der Waals surface area contributed by atoms with Crippen LogP contribution in [0, 0.1) is 5.92 Å². The molecule has 82 valence electrons. The van der Waals surface area contributed by atoms with E-state index in [-0.39, 0.29) is 12.6 Å². The standard InChI is InChI=1S/C8H12N4O3/c1-5-2-3-15-7(5)8-9-10-11-12(8)4-6(13)14/h5,7H,2-4H2,1H3,(H,13,14). The lowest BCUT2D eigenvalue weighted by molar-refractivity contribution is -0.138. The molecular formula is C8H12N4O3. The lowest BCUT2D eigenvalue weighted by atomic mass is 10.0. The monoisotopic (exact) mass is 212 g/mol. The van der Waals surface area contributed by atoms with Crippen LogP contribution in [-0.4, -0.2) is 37.9 Å². The normalized spacial score (nSPS) is 25.7. The molecule has 1 aliphatic heterocycles. The van der Waals surface area contributed by atoms with Crippen LogP contribution in [0.1, 0.15) is 25.3 Å². The summed E-state index contributed by atoms with van der Waals surface area (Å²) in [6, 6.07) is 0. The minimum absolute atomic E-state index is 0.181. The van der Waals surface area contributed by atoms with Gasteiger partial charge in [-0.05, 0) is 22.8 Å². The summed E-state index contributed by atoms with van der Waals surface area (Å²) in [5.74, 6) is -0.139. The van der Waals surface area contributed by atoms with Crippen molar-refractivity contribution in [2.75, 3.05) is 6.61 Å². The smallest absolute Gasteiger partial charge is 0.325 e. The van der Waals surface area contributed by atoms with E-state index >= 15 is 0 Å². The van der Waals surface area contributed by atoms with E-state index in [1.54, 1.807) is 0 Å². The highest BCUT2D eigenvalue weighted by molar-refractivity contribution is 5.66. The molecule has 1 fully saturated rings. The van der Waals surface area contributed by atoms with Gasteiger partial charge < -0.3 is 9.84 Å². The van der Waals surface area contributed by atoms with Crippen LogP contribution in [0.2, 0.25) is 0 Å². The summed E-state index contributed by atoms with van der Waals surface area (Å²) in [7, 11) is 0. The predicted octanol–water partition coefficient (Wildman–Crippen LogP) is -0.145. The lowest BCUT2D eigenvalue weighted by Gasteiger charge is -2.12. The number of carbonyl (C=O) groups is 1. The summed E-state index contributed by atoms with van der Waals surface area (Å²) in [6.45, 7) is 2.48. The summed E-state index contributed by atoms with van der Waals surface area (Å²) in [6.07, 6.45) is 0.768. The number of tetrazole rings is 1. The van der Waals surface area contributed by atoms with Crippen LogP contribution in [0.25, 0.3) is 0 Å². The van der Waals surface area contributed by atoms with E-state index in [2.05, 4.69) is 15.5 Å². The van der Waals surface area contributed by atoms with Gasteiger partial charge in [0.2, 0.25) is 0 Å². The van der Waals surface area contributed by atoms with Crippen molar-refractivity contribution in [2.45, 2.75) is 26.0 Å². The molecule has 2 atom stereocenters. The first-order chi connectivity index (χ1) is 7.18. The van der Waals surface area contributed by atoms with Gasteiger partial charge in [0, 0.05) is 6.61 Å². The summed E-state index contributed by atoms with van der Waals surface area (Å²) >= 11 is 0. The average molecular weight is 212 g/mol. The highest BCUT2D eigenvalue weighted by Gasteiger charge is 2.31. The Hall–Kier alpha value is -1.50. The molecule has 1 saturated heterocycles. The highest BCUT2D eigenvalue weighted by atomic mass is 16.5. The Bertz CT molecular complexity index is 365. The summed E-state index contributed by atoms with van der Waals surface area (Å²) in [5.41, 5.74) is 0. The molecule has 0 radical (unpaired) electrons. The van der Waals surface area contributed by atoms with Gasteiger partial charge in [-0.1, -0.05) is 6.92 Å². The van der Waals surface area contributed by atoms with E-state index in [0.717, 1.165) is 6.42 Å². The molecule has 1 aliphatic rings. The molecule has 1 aromatic heterocycles. The second kappa shape index (κ2) is 3.93. The molecular weight excluding hydrogens is 200 g/mol. The number of aromatic nitrogens is 4. The molecule has 0 bridgehead atoms. The number of hydrogen-bond donors (Lipinski definition) is 1. The van der Waals surface area contributed by atoms with Gasteiger partial charge in [-0.15, -0.1) is 5.10 Å². The molecule has 2 rings (SSSR count). The van der Waals surface area contributed by atoms with Gasteiger partial charge in [-0.2, -0.15) is 0 Å². The molecule has 0 spiro atoms. The van der Waals surface area contributed by atoms with Crippen LogP contribution in [0.3, 0.4) is 0 Å². The maximum atomic E-state index is 10.6. The molecule has 2 heterocycles. The van der Waals surface area contributed by atoms with E-state index < -0.39 is 5.97 Å². The Morgan fingerprint density at radius 1 is 1.73 bits per heavy atom. The summed E-state index contributed by atoms with van der Waals surface area (Å²) in [4.78, 5) is 10.6. The molecule has 15 heavy (non-hydrogen) atoms. The Morgan fingerprint density at radius 2 is 2.53 bits per heavy atom. The van der Waals surface area contributed by atoms with Crippen LogP contribution in [0.5, 0.6) is 0 Å². The number of ether oxygens (including phenoxy) is 1. The predicted molar refractivity (Wildman–Crippen MR) is 47.9 cm³/mol. The molecule has 0 amide bonds. The third-order valence-electron chi connectivity index (χ3n) is 2.49. The van der Waals surface area contributed by atoms with Crippen molar-refractivity contribution < 1.29 is 14.6 Å². The quantitative estimate of drug-likeness (QED) is 0.749. The first-order valence-corrected chi connectivity index (χ1v) is 4.78. The number of hydrogen-bond acceptors (Lipinski definition) is 5. The van der Waals surface area contributed by atoms with Gasteiger partial charge in [0.25, 0.3) is 0 Å². The van der Waals surface area contributed by atoms with Crippen molar-refractivity contribution in [2.24, 2.45) is 5.92 Å².